The Bertz CT molecular complexity index is 492. The summed E-state index contributed by atoms with van der Waals surface area (Å²) in [5.74, 6) is -0.339. The molecule has 0 spiro atoms. The van der Waals surface area contributed by atoms with Crippen LogP contribution < -0.4 is 5.32 Å². The summed E-state index contributed by atoms with van der Waals surface area (Å²) >= 11 is 0. The lowest BCUT2D eigenvalue weighted by atomic mass is 10.1. The number of anilines is 1. The fraction of sp³-hybridized carbons (Fsp3) is 0.462. The van der Waals surface area contributed by atoms with Gasteiger partial charge in [-0.2, -0.15) is 5.26 Å². The Balaban J connectivity index is 2.97. The van der Waals surface area contributed by atoms with E-state index in [1.807, 2.05) is 6.92 Å². The van der Waals surface area contributed by atoms with E-state index >= 15 is 0 Å². The number of ether oxygens (including phenoxy) is 1. The maximum atomic E-state index is 11.5. The zero-order chi connectivity index (χ0) is 13.7. The molecule has 1 heterocycles. The first-order valence-corrected chi connectivity index (χ1v) is 5.81. The summed E-state index contributed by atoms with van der Waals surface area (Å²) in [6.07, 6.45) is 0. The average molecular weight is 247 g/mol. The topological polar surface area (TPSA) is 75.0 Å². The quantitative estimate of drug-likeness (QED) is 0.823. The molecule has 1 aromatic heterocycles. The number of hydrogen-bond donors (Lipinski definition) is 1. The maximum Gasteiger partial charge on any atom is 0.328 e. The van der Waals surface area contributed by atoms with Crippen LogP contribution in [-0.4, -0.2) is 23.6 Å². The van der Waals surface area contributed by atoms with Crippen LogP contribution in [0.25, 0.3) is 0 Å². The van der Waals surface area contributed by atoms with Crippen molar-refractivity contribution in [3.63, 3.8) is 0 Å². The standard InChI is InChI=1S/C13H17N3O2/c1-5-18-13(17)10(4)16-12-6-8(2)15-9(3)11(12)7-14/h6,10H,5H2,1-4H3,(H,15,16). The molecular formula is C13H17N3O2. The number of nitriles is 1. The summed E-state index contributed by atoms with van der Waals surface area (Å²) in [6.45, 7) is 7.40. The molecule has 0 fully saturated rings. The molecular weight excluding hydrogens is 230 g/mol. The van der Waals surface area contributed by atoms with Crippen molar-refractivity contribution in [2.75, 3.05) is 11.9 Å². The number of hydrogen-bond acceptors (Lipinski definition) is 5. The molecule has 1 atom stereocenters. The highest BCUT2D eigenvalue weighted by atomic mass is 16.5. The number of carbonyl (C=O) groups excluding carboxylic acids is 1. The molecule has 1 rings (SSSR count). The van der Waals surface area contributed by atoms with E-state index in [4.69, 9.17) is 10.00 Å². The molecule has 5 nitrogen and oxygen atoms in total. The number of nitrogens with zero attached hydrogens (tertiary/aromatic N) is 2. The molecule has 1 aromatic rings. The van der Waals surface area contributed by atoms with Crippen LogP contribution in [0, 0.1) is 25.2 Å². The molecule has 5 heteroatoms. The predicted octanol–water partition coefficient (Wildman–Crippen LogP) is 1.93. The number of carbonyl (C=O) groups is 1. The number of rotatable bonds is 4. The number of aryl methyl sites for hydroxylation is 2. The SMILES string of the molecule is CCOC(=O)C(C)Nc1cc(C)nc(C)c1C#N. The molecule has 0 bridgehead atoms. The summed E-state index contributed by atoms with van der Waals surface area (Å²) in [5, 5.41) is 12.1. The Hall–Kier alpha value is -2.09. The van der Waals surface area contributed by atoms with Gasteiger partial charge in [0.15, 0.2) is 0 Å². The predicted molar refractivity (Wildman–Crippen MR) is 68.1 cm³/mol. The van der Waals surface area contributed by atoms with Crippen LogP contribution in [0.2, 0.25) is 0 Å². The van der Waals surface area contributed by atoms with Gasteiger partial charge < -0.3 is 10.1 Å². The molecule has 0 radical (unpaired) electrons. The van der Waals surface area contributed by atoms with Gasteiger partial charge in [-0.15, -0.1) is 0 Å². The summed E-state index contributed by atoms with van der Waals surface area (Å²) in [4.78, 5) is 15.7. The lowest BCUT2D eigenvalue weighted by Crippen LogP contribution is -2.28. The Morgan fingerprint density at radius 2 is 2.28 bits per heavy atom. The van der Waals surface area contributed by atoms with Crippen LogP contribution in [-0.2, 0) is 9.53 Å². The third-order valence-electron chi connectivity index (χ3n) is 2.45. The third kappa shape index (κ3) is 3.20. The van der Waals surface area contributed by atoms with E-state index < -0.39 is 6.04 Å². The first kappa shape index (κ1) is 14.0. The Morgan fingerprint density at radius 1 is 1.61 bits per heavy atom. The molecule has 0 aliphatic heterocycles. The minimum absolute atomic E-state index is 0.338. The largest absolute Gasteiger partial charge is 0.464 e. The van der Waals surface area contributed by atoms with E-state index in [0.717, 1.165) is 5.69 Å². The van der Waals surface area contributed by atoms with Crippen LogP contribution >= 0.6 is 0 Å². The number of esters is 1. The minimum Gasteiger partial charge on any atom is -0.464 e. The van der Waals surface area contributed by atoms with Gasteiger partial charge in [0.05, 0.1) is 23.6 Å². The number of aromatic nitrogens is 1. The summed E-state index contributed by atoms with van der Waals surface area (Å²) < 4.78 is 4.91. The van der Waals surface area contributed by atoms with E-state index in [1.165, 1.54) is 0 Å². The molecule has 0 aliphatic rings. The molecule has 1 unspecified atom stereocenters. The fourth-order valence-electron chi connectivity index (χ4n) is 1.64. The van der Waals surface area contributed by atoms with Crippen LogP contribution in [0.15, 0.2) is 6.07 Å². The van der Waals surface area contributed by atoms with E-state index in [9.17, 15) is 4.79 Å². The molecule has 96 valence electrons. The molecule has 0 amide bonds. The van der Waals surface area contributed by atoms with Gasteiger partial charge in [0, 0.05) is 5.69 Å². The summed E-state index contributed by atoms with van der Waals surface area (Å²) in [5.41, 5.74) is 2.51. The van der Waals surface area contributed by atoms with Gasteiger partial charge in [0.25, 0.3) is 0 Å². The van der Waals surface area contributed by atoms with Crippen molar-refractivity contribution in [1.82, 2.24) is 4.98 Å². The minimum atomic E-state index is -0.502. The van der Waals surface area contributed by atoms with Gasteiger partial charge in [-0.25, -0.2) is 4.79 Å². The highest BCUT2D eigenvalue weighted by Crippen LogP contribution is 2.19. The van der Waals surface area contributed by atoms with Crippen molar-refractivity contribution in [1.29, 1.82) is 5.26 Å². The zero-order valence-corrected chi connectivity index (χ0v) is 11.1. The summed E-state index contributed by atoms with van der Waals surface area (Å²) in [7, 11) is 0. The highest BCUT2D eigenvalue weighted by Gasteiger charge is 2.16. The number of pyridine rings is 1. The van der Waals surface area contributed by atoms with Crippen molar-refractivity contribution in [2.45, 2.75) is 33.7 Å². The fourth-order valence-corrected chi connectivity index (χ4v) is 1.64. The maximum absolute atomic E-state index is 11.5. The van der Waals surface area contributed by atoms with Gasteiger partial charge in [-0.3, -0.25) is 4.98 Å². The monoisotopic (exact) mass is 247 g/mol. The zero-order valence-electron chi connectivity index (χ0n) is 11.1. The van der Waals surface area contributed by atoms with Crippen molar-refractivity contribution in [3.8, 4) is 6.07 Å². The molecule has 0 saturated heterocycles. The van der Waals surface area contributed by atoms with E-state index in [2.05, 4.69) is 16.4 Å². The van der Waals surface area contributed by atoms with Crippen LogP contribution in [0.3, 0.4) is 0 Å². The molecule has 0 aliphatic carbocycles. The highest BCUT2D eigenvalue weighted by molar-refractivity contribution is 5.79. The Labute approximate surface area is 107 Å². The normalized spacial score (nSPS) is 11.5. The van der Waals surface area contributed by atoms with Gasteiger partial charge in [0.2, 0.25) is 0 Å². The van der Waals surface area contributed by atoms with Crippen molar-refractivity contribution in [2.24, 2.45) is 0 Å². The molecule has 18 heavy (non-hydrogen) atoms. The second kappa shape index (κ2) is 6.01. The van der Waals surface area contributed by atoms with E-state index in [0.29, 0.717) is 23.6 Å². The van der Waals surface area contributed by atoms with Crippen LogP contribution in [0.5, 0.6) is 0 Å². The third-order valence-corrected chi connectivity index (χ3v) is 2.45. The van der Waals surface area contributed by atoms with Crippen LogP contribution in [0.1, 0.15) is 30.8 Å². The van der Waals surface area contributed by atoms with Crippen molar-refractivity contribution in [3.05, 3.63) is 23.0 Å². The van der Waals surface area contributed by atoms with E-state index in [-0.39, 0.29) is 5.97 Å². The first-order valence-electron chi connectivity index (χ1n) is 5.81. The second-order valence-electron chi connectivity index (χ2n) is 4.00. The lowest BCUT2D eigenvalue weighted by Gasteiger charge is -2.16. The molecule has 0 saturated carbocycles. The lowest BCUT2D eigenvalue weighted by molar-refractivity contribution is -0.143. The molecule has 0 aromatic carbocycles. The number of nitrogens with one attached hydrogen (secondary N) is 1. The van der Waals surface area contributed by atoms with Crippen molar-refractivity contribution >= 4 is 11.7 Å². The Morgan fingerprint density at radius 3 is 2.83 bits per heavy atom. The van der Waals surface area contributed by atoms with Crippen molar-refractivity contribution < 1.29 is 9.53 Å². The molecule has 1 N–H and O–H groups in total. The average Bonchev–Trinajstić information content (AvgIpc) is 2.28. The van der Waals surface area contributed by atoms with Gasteiger partial charge in [-0.05, 0) is 33.8 Å². The van der Waals surface area contributed by atoms with Gasteiger partial charge >= 0.3 is 5.97 Å². The summed E-state index contributed by atoms with van der Waals surface area (Å²) in [6, 6.07) is 3.34. The van der Waals surface area contributed by atoms with Crippen LogP contribution in [0.4, 0.5) is 5.69 Å². The van der Waals surface area contributed by atoms with Gasteiger partial charge in [-0.1, -0.05) is 0 Å². The first-order chi connectivity index (χ1) is 8.49. The van der Waals surface area contributed by atoms with Gasteiger partial charge in [0.1, 0.15) is 12.1 Å². The Kier molecular flexibility index (Phi) is 4.67. The van der Waals surface area contributed by atoms with E-state index in [1.54, 1.807) is 26.8 Å². The smallest absolute Gasteiger partial charge is 0.328 e. The second-order valence-corrected chi connectivity index (χ2v) is 4.00.